The number of fused-ring (bicyclic) bond motifs is 1. The van der Waals surface area contributed by atoms with Crippen molar-refractivity contribution in [3.05, 3.63) is 35.9 Å². The molecule has 1 amide bonds. The van der Waals surface area contributed by atoms with Gasteiger partial charge in [-0.25, -0.2) is 0 Å². The first-order valence-electron chi connectivity index (χ1n) is 7.60. The van der Waals surface area contributed by atoms with E-state index in [1.54, 1.807) is 0 Å². The molecule has 3 heteroatoms. The third kappa shape index (κ3) is 2.24. The number of amides is 1. The van der Waals surface area contributed by atoms with Crippen LogP contribution in [0.4, 0.5) is 0 Å². The maximum Gasteiger partial charge on any atom is 0.229 e. The summed E-state index contributed by atoms with van der Waals surface area (Å²) >= 11 is 0. The average Bonchev–Trinajstić information content (AvgIpc) is 2.97. The molecule has 0 N–H and O–H groups in total. The second-order valence-corrected chi connectivity index (χ2v) is 7.03. The maximum absolute atomic E-state index is 12.8. The molecule has 0 aliphatic carbocycles. The zero-order valence-electron chi connectivity index (χ0n) is 12.7. The Kier molecular flexibility index (Phi) is 3.33. The minimum absolute atomic E-state index is 0.135. The van der Waals surface area contributed by atoms with E-state index in [0.29, 0.717) is 6.04 Å². The number of carbonyl (C=O) groups excluding carboxylic acids is 1. The molecule has 2 aliphatic heterocycles. The van der Waals surface area contributed by atoms with Crippen LogP contribution in [0.5, 0.6) is 0 Å². The zero-order valence-corrected chi connectivity index (χ0v) is 12.7. The summed E-state index contributed by atoms with van der Waals surface area (Å²) in [5.41, 5.74) is 0.932. The Labute approximate surface area is 121 Å². The van der Waals surface area contributed by atoms with Crippen molar-refractivity contribution < 1.29 is 4.79 Å². The molecule has 3 rings (SSSR count). The standard InChI is InChI=1S/C17H24N2O/c1-17(2,3)16(20)19-12-14-10-7-11-18(14)15(19)13-8-5-4-6-9-13/h4-6,8-9,14-15H,7,10-12H2,1-3H3. The topological polar surface area (TPSA) is 23.6 Å². The Balaban J connectivity index is 1.95. The van der Waals surface area contributed by atoms with Gasteiger partial charge in [0.1, 0.15) is 6.17 Å². The summed E-state index contributed by atoms with van der Waals surface area (Å²) < 4.78 is 0. The molecule has 0 aromatic heterocycles. The van der Waals surface area contributed by atoms with Crippen LogP contribution >= 0.6 is 0 Å². The van der Waals surface area contributed by atoms with Crippen LogP contribution < -0.4 is 0 Å². The first kappa shape index (κ1) is 13.6. The number of hydrogen-bond donors (Lipinski definition) is 0. The fourth-order valence-electron chi connectivity index (χ4n) is 3.50. The van der Waals surface area contributed by atoms with Gasteiger partial charge in [-0.15, -0.1) is 0 Å². The summed E-state index contributed by atoms with van der Waals surface area (Å²) in [6.07, 6.45) is 2.61. The van der Waals surface area contributed by atoms with Crippen LogP contribution in [-0.4, -0.2) is 34.8 Å². The van der Waals surface area contributed by atoms with Crippen LogP contribution in [0.25, 0.3) is 0 Å². The number of hydrogen-bond acceptors (Lipinski definition) is 2. The highest BCUT2D eigenvalue weighted by Gasteiger charge is 2.46. The van der Waals surface area contributed by atoms with E-state index in [9.17, 15) is 4.79 Å². The molecule has 20 heavy (non-hydrogen) atoms. The smallest absolute Gasteiger partial charge is 0.229 e. The van der Waals surface area contributed by atoms with Crippen molar-refractivity contribution in [2.45, 2.75) is 45.8 Å². The predicted molar refractivity (Wildman–Crippen MR) is 80.1 cm³/mol. The molecular weight excluding hydrogens is 248 g/mol. The molecule has 0 bridgehead atoms. The molecule has 2 saturated heterocycles. The highest BCUT2D eigenvalue weighted by atomic mass is 16.2. The molecule has 0 radical (unpaired) electrons. The van der Waals surface area contributed by atoms with E-state index < -0.39 is 0 Å². The number of carbonyl (C=O) groups is 1. The Morgan fingerprint density at radius 1 is 1.20 bits per heavy atom. The van der Waals surface area contributed by atoms with Crippen molar-refractivity contribution >= 4 is 5.91 Å². The first-order chi connectivity index (χ1) is 9.48. The van der Waals surface area contributed by atoms with E-state index in [1.807, 2.05) is 26.8 Å². The molecule has 2 atom stereocenters. The van der Waals surface area contributed by atoms with Gasteiger partial charge in [0.05, 0.1) is 0 Å². The van der Waals surface area contributed by atoms with E-state index in [1.165, 1.54) is 18.4 Å². The lowest BCUT2D eigenvalue weighted by Crippen LogP contribution is -2.41. The minimum atomic E-state index is -0.313. The molecule has 0 spiro atoms. The average molecular weight is 272 g/mol. The number of benzene rings is 1. The van der Waals surface area contributed by atoms with Crippen LogP contribution in [-0.2, 0) is 4.79 Å². The van der Waals surface area contributed by atoms with Crippen LogP contribution in [0, 0.1) is 5.41 Å². The van der Waals surface area contributed by atoms with Gasteiger partial charge in [0.25, 0.3) is 0 Å². The Bertz CT molecular complexity index is 491. The Morgan fingerprint density at radius 3 is 2.55 bits per heavy atom. The van der Waals surface area contributed by atoms with Gasteiger partial charge in [-0.3, -0.25) is 9.69 Å². The fourth-order valence-corrected chi connectivity index (χ4v) is 3.50. The van der Waals surface area contributed by atoms with Gasteiger partial charge < -0.3 is 4.90 Å². The fraction of sp³-hybridized carbons (Fsp3) is 0.588. The summed E-state index contributed by atoms with van der Waals surface area (Å²) in [6.45, 7) is 8.04. The summed E-state index contributed by atoms with van der Waals surface area (Å²) in [4.78, 5) is 17.4. The van der Waals surface area contributed by atoms with Gasteiger partial charge in [0.15, 0.2) is 0 Å². The molecular formula is C17H24N2O. The maximum atomic E-state index is 12.8. The van der Waals surface area contributed by atoms with Crippen LogP contribution in [0.3, 0.4) is 0 Å². The van der Waals surface area contributed by atoms with Gasteiger partial charge in [-0.2, -0.15) is 0 Å². The molecule has 2 fully saturated rings. The summed E-state index contributed by atoms with van der Waals surface area (Å²) in [6, 6.07) is 11.0. The van der Waals surface area contributed by atoms with Crippen molar-refractivity contribution in [2.75, 3.05) is 13.1 Å². The lowest BCUT2D eigenvalue weighted by Gasteiger charge is -2.33. The highest BCUT2D eigenvalue weighted by molar-refractivity contribution is 5.82. The SMILES string of the molecule is CC(C)(C)C(=O)N1CC2CCCN2C1c1ccccc1. The van der Waals surface area contributed by atoms with Crippen LogP contribution in [0.2, 0.25) is 0 Å². The van der Waals surface area contributed by atoms with E-state index in [0.717, 1.165) is 13.1 Å². The van der Waals surface area contributed by atoms with Gasteiger partial charge in [-0.1, -0.05) is 51.1 Å². The quantitative estimate of drug-likeness (QED) is 0.784. The molecule has 2 unspecified atom stereocenters. The van der Waals surface area contributed by atoms with Crippen LogP contribution in [0.15, 0.2) is 30.3 Å². The third-order valence-corrected chi connectivity index (χ3v) is 4.44. The minimum Gasteiger partial charge on any atom is -0.321 e. The molecule has 2 aliphatic rings. The molecule has 0 saturated carbocycles. The lowest BCUT2D eigenvalue weighted by molar-refractivity contribution is -0.142. The van der Waals surface area contributed by atoms with E-state index in [-0.39, 0.29) is 17.5 Å². The number of rotatable bonds is 1. The Hall–Kier alpha value is -1.35. The summed E-state index contributed by atoms with van der Waals surface area (Å²) in [7, 11) is 0. The van der Waals surface area contributed by atoms with E-state index in [4.69, 9.17) is 0 Å². The van der Waals surface area contributed by atoms with E-state index >= 15 is 0 Å². The second kappa shape index (κ2) is 4.88. The first-order valence-corrected chi connectivity index (χ1v) is 7.60. The van der Waals surface area contributed by atoms with Crippen molar-refractivity contribution in [3.63, 3.8) is 0 Å². The van der Waals surface area contributed by atoms with Crippen molar-refractivity contribution in [2.24, 2.45) is 5.41 Å². The summed E-state index contributed by atoms with van der Waals surface area (Å²) in [5, 5.41) is 0. The van der Waals surface area contributed by atoms with Gasteiger partial charge in [0.2, 0.25) is 5.91 Å². The van der Waals surface area contributed by atoms with E-state index in [2.05, 4.69) is 34.1 Å². The van der Waals surface area contributed by atoms with Crippen molar-refractivity contribution in [1.29, 1.82) is 0 Å². The molecule has 108 valence electrons. The van der Waals surface area contributed by atoms with Crippen LogP contribution in [0.1, 0.15) is 45.3 Å². The summed E-state index contributed by atoms with van der Waals surface area (Å²) in [5.74, 6) is 0.265. The largest absolute Gasteiger partial charge is 0.321 e. The monoisotopic (exact) mass is 272 g/mol. The van der Waals surface area contributed by atoms with Gasteiger partial charge >= 0.3 is 0 Å². The zero-order chi connectivity index (χ0) is 14.3. The third-order valence-electron chi connectivity index (χ3n) is 4.44. The van der Waals surface area contributed by atoms with Crippen molar-refractivity contribution in [3.8, 4) is 0 Å². The molecule has 2 heterocycles. The van der Waals surface area contributed by atoms with Crippen molar-refractivity contribution in [1.82, 2.24) is 9.80 Å². The Morgan fingerprint density at radius 2 is 1.90 bits per heavy atom. The highest BCUT2D eigenvalue weighted by Crippen LogP contribution is 2.40. The normalized spacial score (nSPS) is 26.9. The predicted octanol–water partition coefficient (Wildman–Crippen LogP) is 3.04. The molecule has 1 aromatic rings. The molecule has 3 nitrogen and oxygen atoms in total. The lowest BCUT2D eigenvalue weighted by atomic mass is 9.94. The van der Waals surface area contributed by atoms with Gasteiger partial charge in [-0.05, 0) is 18.4 Å². The van der Waals surface area contributed by atoms with Gasteiger partial charge in [0, 0.05) is 24.5 Å². The number of nitrogens with zero attached hydrogens (tertiary/aromatic N) is 2. The second-order valence-electron chi connectivity index (χ2n) is 7.03. The molecule has 1 aromatic carbocycles.